The zero-order chi connectivity index (χ0) is 23.2. The van der Waals surface area contributed by atoms with Gasteiger partial charge in [-0.05, 0) is 43.2 Å². The second kappa shape index (κ2) is 8.02. The van der Waals surface area contributed by atoms with Crippen LogP contribution in [0.2, 0.25) is 0 Å². The summed E-state index contributed by atoms with van der Waals surface area (Å²) >= 11 is 0. The molecule has 34 heavy (non-hydrogen) atoms. The van der Waals surface area contributed by atoms with Gasteiger partial charge in [-0.15, -0.1) is 0 Å². The number of anilines is 2. The van der Waals surface area contributed by atoms with Crippen molar-refractivity contribution in [1.82, 2.24) is 29.5 Å². The Bertz CT molecular complexity index is 1520. The van der Waals surface area contributed by atoms with E-state index in [9.17, 15) is 4.39 Å². The molecule has 0 unspecified atom stereocenters. The summed E-state index contributed by atoms with van der Waals surface area (Å²) in [6.07, 6.45) is 9.24. The first kappa shape index (κ1) is 20.5. The number of benzene rings is 1. The summed E-state index contributed by atoms with van der Waals surface area (Å²) in [4.78, 5) is 22.4. The summed E-state index contributed by atoms with van der Waals surface area (Å²) in [7, 11) is 0. The number of fused-ring (bicyclic) bond motifs is 2. The molecule has 0 amide bonds. The smallest absolute Gasteiger partial charge is 0.162 e. The third-order valence-electron chi connectivity index (χ3n) is 6.39. The van der Waals surface area contributed by atoms with Crippen molar-refractivity contribution in [1.29, 1.82) is 0 Å². The molecule has 0 aliphatic carbocycles. The lowest BCUT2D eigenvalue weighted by molar-refractivity contribution is 0.620. The summed E-state index contributed by atoms with van der Waals surface area (Å²) in [5, 5.41) is 5.46. The monoisotopic (exact) mass is 454 g/mol. The molecule has 0 bridgehead atoms. The highest BCUT2D eigenvalue weighted by Crippen LogP contribution is 2.32. The number of rotatable bonds is 3. The molecular formula is C25H23FN8. The van der Waals surface area contributed by atoms with Crippen molar-refractivity contribution >= 4 is 28.1 Å². The summed E-state index contributed by atoms with van der Waals surface area (Å²) in [5.74, 6) is 1.50. The zero-order valence-corrected chi connectivity index (χ0v) is 19.0. The van der Waals surface area contributed by atoms with Gasteiger partial charge >= 0.3 is 0 Å². The Kier molecular flexibility index (Phi) is 4.83. The van der Waals surface area contributed by atoms with E-state index in [2.05, 4.69) is 29.9 Å². The van der Waals surface area contributed by atoms with Crippen LogP contribution >= 0.6 is 0 Å². The second-order valence-electron chi connectivity index (χ2n) is 8.55. The van der Waals surface area contributed by atoms with Gasteiger partial charge in [-0.1, -0.05) is 0 Å². The molecule has 1 fully saturated rings. The van der Waals surface area contributed by atoms with E-state index < -0.39 is 0 Å². The summed E-state index contributed by atoms with van der Waals surface area (Å²) < 4.78 is 15.9. The van der Waals surface area contributed by atoms with Gasteiger partial charge in [0.2, 0.25) is 0 Å². The van der Waals surface area contributed by atoms with Gasteiger partial charge in [0, 0.05) is 55.6 Å². The predicted octanol–water partition coefficient (Wildman–Crippen LogP) is 3.82. The fourth-order valence-corrected chi connectivity index (χ4v) is 4.54. The maximum atomic E-state index is 14.1. The van der Waals surface area contributed by atoms with E-state index in [0.717, 1.165) is 65.7 Å². The first-order valence-electron chi connectivity index (χ1n) is 11.2. The maximum Gasteiger partial charge on any atom is 0.162 e. The van der Waals surface area contributed by atoms with Crippen LogP contribution in [0.15, 0.2) is 55.2 Å². The molecule has 4 aromatic heterocycles. The summed E-state index contributed by atoms with van der Waals surface area (Å²) in [6.45, 7) is 7.15. The first-order chi connectivity index (χ1) is 16.6. The first-order valence-corrected chi connectivity index (χ1v) is 11.2. The topological polar surface area (TPSA) is 75.3 Å². The third kappa shape index (κ3) is 3.49. The number of aromatic nitrogens is 6. The Labute approximate surface area is 195 Å². The molecule has 0 atom stereocenters. The zero-order valence-electron chi connectivity index (χ0n) is 19.0. The molecule has 0 N–H and O–H groups in total. The summed E-state index contributed by atoms with van der Waals surface area (Å²) in [5.41, 5.74) is 4.83. The van der Waals surface area contributed by atoms with E-state index in [0.29, 0.717) is 11.1 Å². The van der Waals surface area contributed by atoms with Crippen LogP contribution < -0.4 is 9.80 Å². The maximum absolute atomic E-state index is 14.1. The molecule has 9 heteroatoms. The predicted molar refractivity (Wildman–Crippen MR) is 130 cm³/mol. The van der Waals surface area contributed by atoms with Crippen molar-refractivity contribution in [2.75, 3.05) is 36.0 Å². The molecule has 0 radical (unpaired) electrons. The van der Waals surface area contributed by atoms with Gasteiger partial charge in [-0.25, -0.2) is 23.9 Å². The van der Waals surface area contributed by atoms with Crippen LogP contribution in [-0.4, -0.2) is 55.7 Å². The Balaban J connectivity index is 1.28. The third-order valence-corrected chi connectivity index (χ3v) is 6.39. The highest BCUT2D eigenvalue weighted by molar-refractivity contribution is 5.98. The lowest BCUT2D eigenvalue weighted by Crippen LogP contribution is -2.47. The van der Waals surface area contributed by atoms with Crippen LogP contribution in [0.4, 0.5) is 15.9 Å². The molecule has 5 aromatic rings. The Morgan fingerprint density at radius 2 is 1.65 bits per heavy atom. The van der Waals surface area contributed by atoms with Crippen molar-refractivity contribution in [3.05, 3.63) is 72.5 Å². The molecule has 6 rings (SSSR count). The number of nitrogens with zero attached hydrogens (tertiary/aromatic N) is 8. The molecule has 8 nitrogen and oxygen atoms in total. The Hall–Kier alpha value is -4.14. The van der Waals surface area contributed by atoms with Crippen LogP contribution in [0.5, 0.6) is 0 Å². The molecule has 1 aliphatic rings. The second-order valence-corrected chi connectivity index (χ2v) is 8.55. The minimum absolute atomic E-state index is 0.255. The van der Waals surface area contributed by atoms with Crippen molar-refractivity contribution in [3.63, 3.8) is 0 Å². The average molecular weight is 455 g/mol. The van der Waals surface area contributed by atoms with Crippen LogP contribution in [-0.2, 0) is 0 Å². The quantitative estimate of drug-likeness (QED) is 0.410. The van der Waals surface area contributed by atoms with Crippen molar-refractivity contribution in [3.8, 4) is 11.1 Å². The highest BCUT2D eigenvalue weighted by Gasteiger charge is 2.20. The normalized spacial score (nSPS) is 14.3. The van der Waals surface area contributed by atoms with Gasteiger partial charge in [-0.3, -0.25) is 4.98 Å². The van der Waals surface area contributed by atoms with Crippen LogP contribution in [0, 0.1) is 19.7 Å². The van der Waals surface area contributed by atoms with Crippen molar-refractivity contribution < 1.29 is 4.39 Å². The number of hydrogen-bond acceptors (Lipinski definition) is 7. The van der Waals surface area contributed by atoms with Crippen molar-refractivity contribution in [2.45, 2.75) is 13.8 Å². The lowest BCUT2D eigenvalue weighted by atomic mass is 10.0. The van der Waals surface area contributed by atoms with E-state index in [-0.39, 0.29) is 5.82 Å². The molecule has 170 valence electrons. The molecular weight excluding hydrogens is 431 g/mol. The molecule has 0 spiro atoms. The fourth-order valence-electron chi connectivity index (χ4n) is 4.54. The minimum Gasteiger partial charge on any atom is -0.365 e. The van der Waals surface area contributed by atoms with E-state index in [1.807, 2.05) is 48.2 Å². The Morgan fingerprint density at radius 1 is 0.853 bits per heavy atom. The average Bonchev–Trinajstić information content (AvgIpc) is 3.28. The number of pyridine rings is 1. The highest BCUT2D eigenvalue weighted by atomic mass is 19.1. The number of aryl methyl sites for hydroxylation is 2. The largest absolute Gasteiger partial charge is 0.365 e. The van der Waals surface area contributed by atoms with Crippen LogP contribution in [0.3, 0.4) is 0 Å². The van der Waals surface area contributed by atoms with E-state index in [1.165, 1.54) is 6.07 Å². The Morgan fingerprint density at radius 3 is 2.47 bits per heavy atom. The standard InChI is InChI=1S/C25H23FN8/c1-16-11-20-19(3-5-28-23(20)12-22(16)26)21-14-30-34-15-18(13-29-25(21)34)32-7-9-33(10-8-32)24-4-6-27-17(2)31-24/h3-6,11-15H,7-10H2,1-2H3. The van der Waals surface area contributed by atoms with E-state index in [4.69, 9.17) is 4.98 Å². The van der Waals surface area contributed by atoms with Crippen molar-refractivity contribution in [2.24, 2.45) is 0 Å². The van der Waals surface area contributed by atoms with Gasteiger partial charge < -0.3 is 9.80 Å². The van der Waals surface area contributed by atoms with Gasteiger partial charge in [-0.2, -0.15) is 5.10 Å². The van der Waals surface area contributed by atoms with Crippen LogP contribution in [0.1, 0.15) is 11.4 Å². The van der Waals surface area contributed by atoms with Gasteiger partial charge in [0.1, 0.15) is 17.5 Å². The molecule has 1 aromatic carbocycles. The molecule has 5 heterocycles. The minimum atomic E-state index is -0.255. The van der Waals surface area contributed by atoms with E-state index >= 15 is 0 Å². The lowest BCUT2D eigenvalue weighted by Gasteiger charge is -2.36. The number of halogens is 1. The molecule has 1 aliphatic heterocycles. The number of hydrogen-bond donors (Lipinski definition) is 0. The van der Waals surface area contributed by atoms with Crippen LogP contribution in [0.25, 0.3) is 27.7 Å². The van der Waals surface area contributed by atoms with Gasteiger partial charge in [0.15, 0.2) is 5.65 Å². The molecule has 0 saturated carbocycles. The SMILES string of the molecule is Cc1nccc(N2CCN(c3cnc4c(-c5ccnc6cc(F)c(C)cc56)cnn4c3)CC2)n1. The van der Waals surface area contributed by atoms with E-state index in [1.54, 1.807) is 19.3 Å². The van der Waals surface area contributed by atoms with Gasteiger partial charge in [0.25, 0.3) is 0 Å². The molecule has 1 saturated heterocycles. The summed E-state index contributed by atoms with van der Waals surface area (Å²) in [6, 6.07) is 7.21. The fraction of sp³-hybridized carbons (Fsp3) is 0.240. The van der Waals surface area contributed by atoms with Gasteiger partial charge in [0.05, 0.1) is 29.8 Å². The number of piperazine rings is 1.